The summed E-state index contributed by atoms with van der Waals surface area (Å²) in [5, 5.41) is 8.46. The van der Waals surface area contributed by atoms with Gasteiger partial charge in [0.2, 0.25) is 5.88 Å². The predicted octanol–water partition coefficient (Wildman–Crippen LogP) is 6.15. The molecule has 0 amide bonds. The van der Waals surface area contributed by atoms with E-state index in [1.165, 1.54) is 18.2 Å². The molecule has 2 aromatic carbocycles. The van der Waals surface area contributed by atoms with Crippen molar-refractivity contribution in [2.24, 2.45) is 0 Å². The van der Waals surface area contributed by atoms with Crippen LogP contribution in [0.15, 0.2) is 73.1 Å². The molecule has 0 radical (unpaired) electrons. The summed E-state index contributed by atoms with van der Waals surface area (Å²) in [5.74, 6) is 2.73. The minimum atomic E-state index is 0.340. The second-order valence-electron chi connectivity index (χ2n) is 9.32. The fourth-order valence-electron chi connectivity index (χ4n) is 5.00. The molecule has 0 bridgehead atoms. The predicted molar refractivity (Wildman–Crippen MR) is 153 cm³/mol. The van der Waals surface area contributed by atoms with Crippen molar-refractivity contribution < 1.29 is 9.47 Å². The molecule has 0 fully saturated rings. The lowest BCUT2D eigenvalue weighted by Gasteiger charge is -2.17. The van der Waals surface area contributed by atoms with Crippen LogP contribution < -0.4 is 20.5 Å². The summed E-state index contributed by atoms with van der Waals surface area (Å²) in [5.41, 5.74) is 12.3. The number of benzene rings is 2. The molecular weight excluding hydrogens is 490 g/mol. The lowest BCUT2D eigenvalue weighted by atomic mass is 9.92. The van der Waals surface area contributed by atoms with Gasteiger partial charge in [-0.15, -0.1) is 0 Å². The highest BCUT2D eigenvalue weighted by Crippen LogP contribution is 2.43. The number of rotatable bonds is 7. The van der Waals surface area contributed by atoms with E-state index in [4.69, 9.17) is 25.3 Å². The summed E-state index contributed by atoms with van der Waals surface area (Å²) in [6.45, 7) is 0. The summed E-state index contributed by atoms with van der Waals surface area (Å²) in [6.07, 6.45) is 9.73. The summed E-state index contributed by atoms with van der Waals surface area (Å²) in [7, 11) is 3.30. The average molecular weight is 520 g/mol. The van der Waals surface area contributed by atoms with Gasteiger partial charge in [0.05, 0.1) is 37.7 Å². The Morgan fingerprint density at radius 3 is 2.36 bits per heavy atom. The smallest absolute Gasteiger partial charge is 0.228 e. The van der Waals surface area contributed by atoms with Gasteiger partial charge < -0.3 is 20.5 Å². The monoisotopic (exact) mass is 519 g/mol. The van der Waals surface area contributed by atoms with Gasteiger partial charge in [-0.05, 0) is 49.0 Å². The minimum absolute atomic E-state index is 0.340. The molecule has 39 heavy (non-hydrogen) atoms. The molecule has 0 saturated heterocycles. The van der Waals surface area contributed by atoms with Crippen LogP contribution in [0.3, 0.4) is 0 Å². The molecule has 3 heterocycles. The molecule has 1 aliphatic rings. The van der Waals surface area contributed by atoms with E-state index in [-0.39, 0.29) is 0 Å². The SMILES string of the molecule is COc1ccc(-c2c(Nc3cnc(N)cn3)nc3c(C4=CCCCC4)c(-c4ccccc4)nn3c2OC)cc1. The van der Waals surface area contributed by atoms with E-state index in [0.29, 0.717) is 29.0 Å². The van der Waals surface area contributed by atoms with Crippen molar-refractivity contribution >= 4 is 28.7 Å². The third kappa shape index (κ3) is 4.63. The molecule has 1 aliphatic carbocycles. The van der Waals surface area contributed by atoms with Gasteiger partial charge in [-0.25, -0.2) is 15.0 Å². The number of hydrogen-bond donors (Lipinski definition) is 2. The van der Waals surface area contributed by atoms with Gasteiger partial charge in [0.15, 0.2) is 5.65 Å². The highest BCUT2D eigenvalue weighted by Gasteiger charge is 2.27. The van der Waals surface area contributed by atoms with Crippen LogP contribution in [0.4, 0.5) is 17.5 Å². The fraction of sp³-hybridized carbons (Fsp3) is 0.200. The van der Waals surface area contributed by atoms with Gasteiger partial charge in [0.25, 0.3) is 0 Å². The van der Waals surface area contributed by atoms with E-state index in [2.05, 4.69) is 33.5 Å². The normalized spacial score (nSPS) is 13.2. The van der Waals surface area contributed by atoms with E-state index in [0.717, 1.165) is 53.0 Å². The number of fused-ring (bicyclic) bond motifs is 1. The molecule has 0 saturated carbocycles. The highest BCUT2D eigenvalue weighted by molar-refractivity contribution is 5.91. The van der Waals surface area contributed by atoms with E-state index in [9.17, 15) is 0 Å². The Bertz CT molecular complexity index is 1640. The topological polar surface area (TPSA) is 112 Å². The van der Waals surface area contributed by atoms with Crippen molar-refractivity contribution in [2.45, 2.75) is 25.7 Å². The molecule has 3 aromatic heterocycles. The Hall–Kier alpha value is -4.92. The molecule has 6 rings (SSSR count). The zero-order valence-electron chi connectivity index (χ0n) is 21.9. The van der Waals surface area contributed by atoms with Gasteiger partial charge in [0, 0.05) is 5.56 Å². The quantitative estimate of drug-likeness (QED) is 0.263. The van der Waals surface area contributed by atoms with Crippen molar-refractivity contribution in [1.29, 1.82) is 0 Å². The summed E-state index contributed by atoms with van der Waals surface area (Å²) < 4.78 is 13.3. The van der Waals surface area contributed by atoms with Gasteiger partial charge in [0.1, 0.15) is 28.9 Å². The highest BCUT2D eigenvalue weighted by atomic mass is 16.5. The van der Waals surface area contributed by atoms with Crippen molar-refractivity contribution in [3.8, 4) is 34.0 Å². The third-order valence-electron chi connectivity index (χ3n) is 6.87. The number of nitrogen functional groups attached to an aromatic ring is 1. The molecule has 9 heteroatoms. The van der Waals surface area contributed by atoms with Gasteiger partial charge in [-0.1, -0.05) is 48.5 Å². The van der Waals surface area contributed by atoms with Crippen LogP contribution in [0.25, 0.3) is 33.6 Å². The van der Waals surface area contributed by atoms with Crippen molar-refractivity contribution in [3.63, 3.8) is 0 Å². The molecule has 0 aliphatic heterocycles. The van der Waals surface area contributed by atoms with Crippen molar-refractivity contribution in [3.05, 3.63) is 78.6 Å². The van der Waals surface area contributed by atoms with E-state index >= 15 is 0 Å². The maximum Gasteiger partial charge on any atom is 0.228 e. The third-order valence-corrected chi connectivity index (χ3v) is 6.87. The molecule has 3 N–H and O–H groups in total. The Balaban J connectivity index is 1.66. The van der Waals surface area contributed by atoms with Crippen molar-refractivity contribution in [1.82, 2.24) is 24.6 Å². The molecule has 0 spiro atoms. The molecule has 196 valence electrons. The van der Waals surface area contributed by atoms with Crippen LogP contribution in [0.1, 0.15) is 31.2 Å². The molecule has 5 aromatic rings. The maximum absolute atomic E-state index is 6.07. The van der Waals surface area contributed by atoms with Gasteiger partial charge >= 0.3 is 0 Å². The number of nitrogens with zero attached hydrogens (tertiary/aromatic N) is 5. The van der Waals surface area contributed by atoms with E-state index < -0.39 is 0 Å². The summed E-state index contributed by atoms with van der Waals surface area (Å²) in [6, 6.07) is 18.0. The molecule has 0 atom stereocenters. The van der Waals surface area contributed by atoms with E-state index in [1.807, 2.05) is 47.0 Å². The van der Waals surface area contributed by atoms with Crippen LogP contribution in [0.2, 0.25) is 0 Å². The second-order valence-corrected chi connectivity index (χ2v) is 9.32. The second kappa shape index (κ2) is 10.4. The number of ether oxygens (including phenoxy) is 2. The zero-order chi connectivity index (χ0) is 26.8. The number of aromatic nitrogens is 5. The van der Waals surface area contributed by atoms with E-state index in [1.54, 1.807) is 20.4 Å². The minimum Gasteiger partial charge on any atom is -0.497 e. The van der Waals surface area contributed by atoms with Crippen LogP contribution in [-0.4, -0.2) is 38.8 Å². The number of nitrogens with one attached hydrogen (secondary N) is 1. The first-order valence-corrected chi connectivity index (χ1v) is 12.9. The number of hydrogen-bond acceptors (Lipinski definition) is 8. The number of allylic oxidation sites excluding steroid dienone is 2. The lowest BCUT2D eigenvalue weighted by Crippen LogP contribution is -2.07. The first-order chi connectivity index (χ1) is 19.2. The lowest BCUT2D eigenvalue weighted by molar-refractivity contribution is 0.387. The van der Waals surface area contributed by atoms with Gasteiger partial charge in [-0.2, -0.15) is 9.61 Å². The zero-order valence-corrected chi connectivity index (χ0v) is 21.9. The maximum atomic E-state index is 6.07. The fourth-order valence-corrected chi connectivity index (χ4v) is 5.00. The Kier molecular flexibility index (Phi) is 6.54. The molecule has 9 nitrogen and oxygen atoms in total. The number of methoxy groups -OCH3 is 2. The molecular formula is C30H29N7O2. The first-order valence-electron chi connectivity index (χ1n) is 12.9. The number of anilines is 3. The van der Waals surface area contributed by atoms with Gasteiger partial charge in [-0.3, -0.25) is 0 Å². The molecule has 0 unspecified atom stereocenters. The van der Waals surface area contributed by atoms with Crippen LogP contribution in [-0.2, 0) is 0 Å². The standard InChI is InChI=1S/C30H29N7O2/c1-38-22-15-13-20(14-16-22)26-28(34-24-18-32-23(31)17-33-24)35-29-25(19-9-5-3-6-10-19)27(21-11-7-4-8-12-21)36-37(29)30(26)39-2/h4,7-9,11-18H,3,5-6,10H2,1-2H3,(H2,31,32)(H,33,34,35). The number of nitrogens with two attached hydrogens (primary N) is 1. The largest absolute Gasteiger partial charge is 0.497 e. The Labute approximate surface area is 226 Å². The Morgan fingerprint density at radius 2 is 1.69 bits per heavy atom. The van der Waals surface area contributed by atoms with Crippen molar-refractivity contribution in [2.75, 3.05) is 25.3 Å². The van der Waals surface area contributed by atoms with Crippen LogP contribution in [0.5, 0.6) is 11.6 Å². The average Bonchev–Trinajstić information content (AvgIpc) is 3.38. The van der Waals surface area contributed by atoms with Crippen LogP contribution >= 0.6 is 0 Å². The Morgan fingerprint density at radius 1 is 0.872 bits per heavy atom. The first kappa shape index (κ1) is 24.4. The summed E-state index contributed by atoms with van der Waals surface area (Å²) in [4.78, 5) is 13.8. The summed E-state index contributed by atoms with van der Waals surface area (Å²) >= 11 is 0. The van der Waals surface area contributed by atoms with Crippen LogP contribution in [0, 0.1) is 0 Å².